The topological polar surface area (TPSA) is 79.0 Å². The molecular formula is C26H36N4O2S. The van der Waals surface area contributed by atoms with Gasteiger partial charge >= 0.3 is 0 Å². The Morgan fingerprint density at radius 1 is 1.09 bits per heavy atom. The first kappa shape index (κ1) is 26.2. The molecule has 0 aliphatic carbocycles. The number of nitrogens with zero attached hydrogens (tertiary/aromatic N) is 3. The minimum atomic E-state index is -3.00. The van der Waals surface area contributed by atoms with Gasteiger partial charge in [-0.15, -0.1) is 0 Å². The van der Waals surface area contributed by atoms with Gasteiger partial charge in [0.05, 0.1) is 16.3 Å². The number of anilines is 1. The standard InChI is InChI=1S/C26H36N4O2S/c1-8-28-24(27)18-29(9-2)25(31)19-30(22-14-10-20(3)11-15-22)33(7,32)23-16-12-21(13-17-23)26(4,5)6/h8,10-17H,1,7,9,18-19H2,2-6H3,(H2,27,28). The first-order chi connectivity index (χ1) is 15.4. The van der Waals surface area contributed by atoms with Crippen LogP contribution in [0.15, 0.2) is 71.2 Å². The molecule has 0 spiro atoms. The Hall–Kier alpha value is -3.06. The van der Waals surface area contributed by atoms with Gasteiger partial charge in [0, 0.05) is 23.3 Å². The Morgan fingerprint density at radius 3 is 2.15 bits per heavy atom. The molecule has 0 radical (unpaired) electrons. The maximum atomic E-state index is 14.1. The highest BCUT2D eigenvalue weighted by Gasteiger charge is 2.25. The van der Waals surface area contributed by atoms with Gasteiger partial charge in [0.2, 0.25) is 5.91 Å². The summed E-state index contributed by atoms with van der Waals surface area (Å²) in [5, 5.41) is 0. The van der Waals surface area contributed by atoms with Crippen LogP contribution in [0.1, 0.15) is 38.8 Å². The number of hydrogen-bond donors (Lipinski definition) is 1. The number of benzene rings is 2. The average Bonchev–Trinajstić information content (AvgIpc) is 2.76. The molecule has 0 fully saturated rings. The Bertz CT molecular complexity index is 1100. The highest BCUT2D eigenvalue weighted by atomic mass is 32.2. The van der Waals surface area contributed by atoms with Gasteiger partial charge in [-0.25, -0.2) is 9.20 Å². The summed E-state index contributed by atoms with van der Waals surface area (Å²) in [5.74, 6) is 4.15. The number of aliphatic imine (C=N–C) groups is 1. The van der Waals surface area contributed by atoms with Crippen LogP contribution in [0.2, 0.25) is 0 Å². The van der Waals surface area contributed by atoms with Crippen LogP contribution in [0.5, 0.6) is 0 Å². The van der Waals surface area contributed by atoms with Crippen LogP contribution in [0.3, 0.4) is 0 Å². The zero-order chi connectivity index (χ0) is 24.8. The monoisotopic (exact) mass is 468 g/mol. The SMILES string of the molecule is C=CN=C(N)CN(CC)C(=O)CN(c1ccc(C)cc1)S(=C)(=O)c1ccc(C(C)(C)C)cc1. The summed E-state index contributed by atoms with van der Waals surface area (Å²) in [4.78, 5) is 19.3. The predicted octanol–water partition coefficient (Wildman–Crippen LogP) is 4.14. The number of amides is 1. The molecule has 0 aliphatic heterocycles. The van der Waals surface area contributed by atoms with Crippen molar-refractivity contribution in [2.45, 2.75) is 44.9 Å². The lowest BCUT2D eigenvalue weighted by Gasteiger charge is -2.31. The lowest BCUT2D eigenvalue weighted by Crippen LogP contribution is -2.45. The molecule has 6 nitrogen and oxygen atoms in total. The number of hydrogen-bond acceptors (Lipinski definition) is 3. The molecule has 2 rings (SSSR count). The largest absolute Gasteiger partial charge is 0.386 e. The van der Waals surface area contributed by atoms with Crippen LogP contribution in [0.4, 0.5) is 5.69 Å². The van der Waals surface area contributed by atoms with Crippen LogP contribution in [0, 0.1) is 6.92 Å². The van der Waals surface area contributed by atoms with Crippen molar-refractivity contribution in [3.63, 3.8) is 0 Å². The van der Waals surface area contributed by atoms with E-state index in [-0.39, 0.29) is 30.2 Å². The second-order valence-corrected chi connectivity index (χ2v) is 11.2. The van der Waals surface area contributed by atoms with Gasteiger partial charge in [-0.2, -0.15) is 0 Å². The summed E-state index contributed by atoms with van der Waals surface area (Å²) in [5.41, 5.74) is 8.73. The lowest BCUT2D eigenvalue weighted by atomic mass is 9.87. The number of nitrogens with two attached hydrogens (primary N) is 1. The molecule has 0 bridgehead atoms. The molecule has 7 heteroatoms. The Kier molecular flexibility index (Phi) is 8.50. The summed E-state index contributed by atoms with van der Waals surface area (Å²) >= 11 is 0. The molecule has 2 N–H and O–H groups in total. The van der Waals surface area contributed by atoms with E-state index in [1.54, 1.807) is 9.21 Å². The third kappa shape index (κ3) is 6.71. The Balaban J connectivity index is 2.45. The molecule has 1 unspecified atom stereocenters. The first-order valence-corrected chi connectivity index (χ1v) is 12.6. The molecule has 0 aromatic heterocycles. The first-order valence-electron chi connectivity index (χ1n) is 10.9. The molecule has 0 aliphatic rings. The van der Waals surface area contributed by atoms with Crippen molar-refractivity contribution in [1.29, 1.82) is 0 Å². The molecule has 1 amide bonds. The van der Waals surface area contributed by atoms with Crippen molar-refractivity contribution in [2.75, 3.05) is 23.9 Å². The second-order valence-electron chi connectivity index (χ2n) is 9.00. The summed E-state index contributed by atoms with van der Waals surface area (Å²) in [6.07, 6.45) is 1.34. The third-order valence-electron chi connectivity index (χ3n) is 5.39. The van der Waals surface area contributed by atoms with Crippen molar-refractivity contribution >= 4 is 33.0 Å². The molecule has 0 saturated heterocycles. The van der Waals surface area contributed by atoms with E-state index in [0.29, 0.717) is 17.1 Å². The van der Waals surface area contributed by atoms with E-state index in [1.807, 2.05) is 62.4 Å². The van der Waals surface area contributed by atoms with Crippen LogP contribution in [-0.2, 0) is 19.9 Å². The van der Waals surface area contributed by atoms with Gasteiger partial charge in [0.25, 0.3) is 0 Å². The number of rotatable bonds is 9. The fraction of sp³-hybridized carbons (Fsp3) is 0.346. The van der Waals surface area contributed by atoms with E-state index in [2.05, 4.69) is 38.2 Å². The van der Waals surface area contributed by atoms with E-state index in [9.17, 15) is 9.00 Å². The fourth-order valence-corrected chi connectivity index (χ4v) is 4.92. The van der Waals surface area contributed by atoms with Gasteiger partial charge in [0.1, 0.15) is 12.4 Å². The number of aryl methyl sites for hydroxylation is 1. The quantitative estimate of drug-likeness (QED) is 0.341. The summed E-state index contributed by atoms with van der Waals surface area (Å²) < 4.78 is 15.7. The van der Waals surface area contributed by atoms with Gasteiger partial charge in [-0.3, -0.25) is 9.10 Å². The highest BCUT2D eigenvalue weighted by Crippen LogP contribution is 2.27. The van der Waals surface area contributed by atoms with Gasteiger partial charge in [-0.1, -0.05) is 57.2 Å². The van der Waals surface area contributed by atoms with E-state index < -0.39 is 9.71 Å². The smallest absolute Gasteiger partial charge is 0.243 e. The summed E-state index contributed by atoms with van der Waals surface area (Å²) in [7, 11) is -3.00. The number of amidine groups is 1. The fourth-order valence-electron chi connectivity index (χ4n) is 3.32. The van der Waals surface area contributed by atoms with Crippen molar-refractivity contribution < 1.29 is 9.00 Å². The summed E-state index contributed by atoms with van der Waals surface area (Å²) in [6, 6.07) is 15.2. The molecular weight excluding hydrogens is 432 g/mol. The van der Waals surface area contributed by atoms with Crippen LogP contribution in [-0.4, -0.2) is 46.4 Å². The van der Waals surface area contributed by atoms with Gasteiger partial charge < -0.3 is 10.6 Å². The molecule has 178 valence electrons. The van der Waals surface area contributed by atoms with Crippen molar-refractivity contribution in [3.05, 3.63) is 72.4 Å². The van der Waals surface area contributed by atoms with E-state index in [0.717, 1.165) is 11.1 Å². The minimum Gasteiger partial charge on any atom is -0.386 e. The van der Waals surface area contributed by atoms with Gasteiger partial charge in [-0.05, 0) is 55.0 Å². The lowest BCUT2D eigenvalue weighted by molar-refractivity contribution is -0.128. The second kappa shape index (κ2) is 10.7. The van der Waals surface area contributed by atoms with Crippen LogP contribution >= 0.6 is 0 Å². The van der Waals surface area contributed by atoms with Crippen molar-refractivity contribution in [1.82, 2.24) is 4.90 Å². The molecule has 2 aromatic rings. The molecule has 33 heavy (non-hydrogen) atoms. The predicted molar refractivity (Wildman–Crippen MR) is 141 cm³/mol. The normalized spacial score (nSPS) is 13.8. The third-order valence-corrected chi connectivity index (χ3v) is 7.45. The van der Waals surface area contributed by atoms with Crippen LogP contribution in [0.25, 0.3) is 0 Å². The van der Waals surface area contributed by atoms with Crippen molar-refractivity contribution in [2.24, 2.45) is 10.7 Å². The zero-order valence-electron chi connectivity index (χ0n) is 20.4. The molecule has 0 heterocycles. The van der Waals surface area contributed by atoms with Gasteiger partial charge in [0.15, 0.2) is 0 Å². The zero-order valence-corrected chi connectivity index (χ0v) is 21.2. The highest BCUT2D eigenvalue weighted by molar-refractivity contribution is 8.01. The Labute approximate surface area is 199 Å². The van der Waals surface area contributed by atoms with Crippen molar-refractivity contribution in [3.8, 4) is 0 Å². The maximum Gasteiger partial charge on any atom is 0.243 e. The minimum absolute atomic E-state index is 0.0261. The maximum absolute atomic E-state index is 14.1. The van der Waals surface area contributed by atoms with E-state index >= 15 is 0 Å². The molecule has 1 atom stereocenters. The molecule has 0 saturated carbocycles. The molecule has 2 aromatic carbocycles. The number of likely N-dealkylation sites (N-methyl/N-ethyl adjacent to an activating group) is 1. The average molecular weight is 469 g/mol. The summed E-state index contributed by atoms with van der Waals surface area (Å²) in [6.45, 7) is 14.3. The van der Waals surface area contributed by atoms with E-state index in [1.165, 1.54) is 6.20 Å². The number of carbonyl (C=O) groups excluding carboxylic acids is 1. The van der Waals surface area contributed by atoms with E-state index in [4.69, 9.17) is 5.73 Å². The van der Waals surface area contributed by atoms with Crippen LogP contribution < -0.4 is 10.0 Å². The Morgan fingerprint density at radius 2 is 1.67 bits per heavy atom. The number of carbonyl (C=O) groups is 1.